The van der Waals surface area contributed by atoms with Gasteiger partial charge in [-0.3, -0.25) is 0 Å². The summed E-state index contributed by atoms with van der Waals surface area (Å²) < 4.78 is 7.38. The summed E-state index contributed by atoms with van der Waals surface area (Å²) >= 11 is 7.43. The first-order valence-corrected chi connectivity index (χ1v) is 7.92. The lowest BCUT2D eigenvalue weighted by atomic mass is 10.2. The quantitative estimate of drug-likeness (QED) is 0.677. The van der Waals surface area contributed by atoms with Gasteiger partial charge in [0.15, 0.2) is 11.0 Å². The molecule has 1 aromatic carbocycles. The fourth-order valence-electron chi connectivity index (χ4n) is 1.95. The second kappa shape index (κ2) is 6.10. The van der Waals surface area contributed by atoms with E-state index in [1.165, 1.54) is 11.8 Å². The standard InChI is InChI=1S/C14H14ClN5OS/c1-8(13-18-16-9(2)21-13)22-14-19-17-12(20(14)3)10-4-6-11(15)7-5-10/h4-8H,1-3H3. The molecule has 6 nitrogen and oxygen atoms in total. The van der Waals surface area contributed by atoms with E-state index in [9.17, 15) is 0 Å². The molecular formula is C14H14ClN5OS. The van der Waals surface area contributed by atoms with Crippen molar-refractivity contribution in [3.05, 3.63) is 41.1 Å². The fourth-order valence-corrected chi connectivity index (χ4v) is 2.92. The molecule has 22 heavy (non-hydrogen) atoms. The first kappa shape index (κ1) is 15.1. The van der Waals surface area contributed by atoms with Crippen LogP contribution in [0.1, 0.15) is 24.0 Å². The lowest BCUT2D eigenvalue weighted by Gasteiger charge is -2.07. The predicted octanol–water partition coefficient (Wildman–Crippen LogP) is 3.68. The molecule has 0 amide bonds. The van der Waals surface area contributed by atoms with Crippen LogP contribution < -0.4 is 0 Å². The van der Waals surface area contributed by atoms with Gasteiger partial charge in [-0.2, -0.15) is 0 Å². The molecule has 0 radical (unpaired) electrons. The molecule has 114 valence electrons. The van der Waals surface area contributed by atoms with Gasteiger partial charge in [0.1, 0.15) is 0 Å². The van der Waals surface area contributed by atoms with E-state index in [2.05, 4.69) is 20.4 Å². The highest BCUT2D eigenvalue weighted by Crippen LogP contribution is 2.34. The molecule has 8 heteroatoms. The van der Waals surface area contributed by atoms with E-state index in [0.717, 1.165) is 16.5 Å². The van der Waals surface area contributed by atoms with E-state index < -0.39 is 0 Å². The largest absolute Gasteiger partial charge is 0.424 e. The molecule has 0 spiro atoms. The first-order valence-electron chi connectivity index (χ1n) is 6.66. The van der Waals surface area contributed by atoms with Crippen molar-refractivity contribution >= 4 is 23.4 Å². The molecule has 2 aromatic heterocycles. The molecular weight excluding hydrogens is 322 g/mol. The van der Waals surface area contributed by atoms with Crippen LogP contribution in [0.4, 0.5) is 0 Å². The summed E-state index contributed by atoms with van der Waals surface area (Å²) in [5, 5.41) is 17.9. The summed E-state index contributed by atoms with van der Waals surface area (Å²) in [6.07, 6.45) is 0. The number of nitrogens with zero attached hydrogens (tertiary/aromatic N) is 5. The summed E-state index contributed by atoms with van der Waals surface area (Å²) in [6, 6.07) is 7.52. The van der Waals surface area contributed by atoms with Gasteiger partial charge in [0, 0.05) is 24.6 Å². The van der Waals surface area contributed by atoms with Gasteiger partial charge < -0.3 is 8.98 Å². The van der Waals surface area contributed by atoms with Crippen molar-refractivity contribution in [2.24, 2.45) is 7.05 Å². The number of aryl methyl sites for hydroxylation is 1. The van der Waals surface area contributed by atoms with Crippen molar-refractivity contribution in [2.45, 2.75) is 24.3 Å². The third kappa shape index (κ3) is 3.00. The number of benzene rings is 1. The maximum Gasteiger partial charge on any atom is 0.229 e. The first-order chi connectivity index (χ1) is 10.5. The average Bonchev–Trinajstić information content (AvgIpc) is 3.08. The van der Waals surface area contributed by atoms with Gasteiger partial charge in [-0.25, -0.2) is 0 Å². The number of aromatic nitrogens is 5. The number of thioether (sulfide) groups is 1. The second-order valence-electron chi connectivity index (χ2n) is 4.79. The van der Waals surface area contributed by atoms with Crippen molar-refractivity contribution in [1.82, 2.24) is 25.0 Å². The lowest BCUT2D eigenvalue weighted by Crippen LogP contribution is -1.97. The minimum atomic E-state index is 0.00201. The molecule has 3 rings (SSSR count). The normalized spacial score (nSPS) is 12.5. The summed E-state index contributed by atoms with van der Waals surface area (Å²) in [4.78, 5) is 0. The molecule has 0 N–H and O–H groups in total. The van der Waals surface area contributed by atoms with Crippen LogP contribution in [0.2, 0.25) is 5.02 Å². The van der Waals surface area contributed by atoms with Gasteiger partial charge >= 0.3 is 0 Å². The zero-order valence-corrected chi connectivity index (χ0v) is 13.9. The second-order valence-corrected chi connectivity index (χ2v) is 6.54. The maximum absolute atomic E-state index is 5.91. The Morgan fingerprint density at radius 3 is 2.50 bits per heavy atom. The van der Waals surface area contributed by atoms with Crippen LogP contribution in [0, 0.1) is 6.92 Å². The Bertz CT molecular complexity index is 783. The molecule has 1 atom stereocenters. The third-order valence-corrected chi connectivity index (χ3v) is 4.48. The lowest BCUT2D eigenvalue weighted by molar-refractivity contribution is 0.470. The molecule has 3 aromatic rings. The Balaban J connectivity index is 1.82. The molecule has 0 saturated heterocycles. The van der Waals surface area contributed by atoms with Gasteiger partial charge in [0.2, 0.25) is 11.8 Å². The minimum absolute atomic E-state index is 0.00201. The van der Waals surface area contributed by atoms with E-state index in [4.69, 9.17) is 16.0 Å². The molecule has 1 unspecified atom stereocenters. The van der Waals surface area contributed by atoms with Gasteiger partial charge in [-0.15, -0.1) is 20.4 Å². The van der Waals surface area contributed by atoms with E-state index in [-0.39, 0.29) is 5.25 Å². The number of rotatable bonds is 4. The maximum atomic E-state index is 5.91. The minimum Gasteiger partial charge on any atom is -0.424 e. The zero-order valence-electron chi connectivity index (χ0n) is 12.3. The Labute approximate surface area is 136 Å². The number of hydrogen-bond donors (Lipinski definition) is 0. The van der Waals surface area contributed by atoms with E-state index in [1.807, 2.05) is 42.8 Å². The van der Waals surface area contributed by atoms with Gasteiger partial charge in [-0.05, 0) is 31.2 Å². The van der Waals surface area contributed by atoms with E-state index >= 15 is 0 Å². The van der Waals surface area contributed by atoms with Crippen LogP contribution in [0.25, 0.3) is 11.4 Å². The van der Waals surface area contributed by atoms with E-state index in [1.54, 1.807) is 6.92 Å². The highest BCUT2D eigenvalue weighted by atomic mass is 35.5. The third-order valence-electron chi connectivity index (χ3n) is 3.11. The number of hydrogen-bond acceptors (Lipinski definition) is 6. The van der Waals surface area contributed by atoms with Crippen molar-refractivity contribution in [3.8, 4) is 11.4 Å². The zero-order chi connectivity index (χ0) is 15.7. The summed E-state index contributed by atoms with van der Waals surface area (Å²) in [6.45, 7) is 3.77. The monoisotopic (exact) mass is 335 g/mol. The van der Waals surface area contributed by atoms with Gasteiger partial charge in [0.25, 0.3) is 0 Å². The predicted molar refractivity (Wildman–Crippen MR) is 84.8 cm³/mol. The molecule has 2 heterocycles. The topological polar surface area (TPSA) is 69.6 Å². The van der Waals surface area contributed by atoms with Crippen molar-refractivity contribution in [3.63, 3.8) is 0 Å². The van der Waals surface area contributed by atoms with Crippen LogP contribution in [0.15, 0.2) is 33.8 Å². The van der Waals surface area contributed by atoms with E-state index in [0.29, 0.717) is 16.8 Å². The molecule has 0 bridgehead atoms. The Hall–Kier alpha value is -1.86. The smallest absolute Gasteiger partial charge is 0.229 e. The van der Waals surface area contributed by atoms with Crippen molar-refractivity contribution in [1.29, 1.82) is 0 Å². The van der Waals surface area contributed by atoms with Crippen LogP contribution in [-0.4, -0.2) is 25.0 Å². The van der Waals surface area contributed by atoms with Crippen LogP contribution >= 0.6 is 23.4 Å². The van der Waals surface area contributed by atoms with Gasteiger partial charge in [-0.1, -0.05) is 23.4 Å². The SMILES string of the molecule is Cc1nnc(C(C)Sc2nnc(-c3ccc(Cl)cc3)n2C)o1. The Morgan fingerprint density at radius 2 is 1.86 bits per heavy atom. The Morgan fingerprint density at radius 1 is 1.14 bits per heavy atom. The average molecular weight is 336 g/mol. The highest BCUT2D eigenvalue weighted by molar-refractivity contribution is 7.99. The Kier molecular flexibility index (Phi) is 4.17. The molecule has 0 fully saturated rings. The molecule has 0 aliphatic rings. The fraction of sp³-hybridized carbons (Fsp3) is 0.286. The molecule has 0 aliphatic heterocycles. The summed E-state index contributed by atoms with van der Waals surface area (Å²) in [5.74, 6) is 1.92. The summed E-state index contributed by atoms with van der Waals surface area (Å²) in [5.41, 5.74) is 0.965. The summed E-state index contributed by atoms with van der Waals surface area (Å²) in [7, 11) is 1.93. The molecule has 0 aliphatic carbocycles. The van der Waals surface area contributed by atoms with Crippen LogP contribution in [0.3, 0.4) is 0 Å². The van der Waals surface area contributed by atoms with Gasteiger partial charge in [0.05, 0.1) is 5.25 Å². The van der Waals surface area contributed by atoms with Crippen molar-refractivity contribution < 1.29 is 4.42 Å². The van der Waals surface area contributed by atoms with Crippen LogP contribution in [0.5, 0.6) is 0 Å². The number of halogens is 1. The van der Waals surface area contributed by atoms with Crippen LogP contribution in [-0.2, 0) is 7.05 Å². The molecule has 0 saturated carbocycles. The van der Waals surface area contributed by atoms with Crippen molar-refractivity contribution in [2.75, 3.05) is 0 Å². The highest BCUT2D eigenvalue weighted by Gasteiger charge is 2.19.